The molecule has 1 atom stereocenters. The lowest BCUT2D eigenvalue weighted by molar-refractivity contribution is 0.415. The van der Waals surface area contributed by atoms with E-state index in [1.165, 1.54) is 27.5 Å². The first kappa shape index (κ1) is 12.1. The highest BCUT2D eigenvalue weighted by atomic mass is 79.9. The minimum atomic E-state index is 0.600. The number of ether oxygens (including phenoxy) is 1. The van der Waals surface area contributed by atoms with Gasteiger partial charge in [-0.15, -0.1) is 0 Å². The molecule has 2 aromatic rings. The summed E-state index contributed by atoms with van der Waals surface area (Å²) >= 11 is 3.77. The molecular formula is C14H17BrN2O. The maximum Gasteiger partial charge on any atom is 0.119 e. The zero-order chi connectivity index (χ0) is 12.7. The average Bonchev–Trinajstić information content (AvgIpc) is 2.98. The van der Waals surface area contributed by atoms with E-state index in [-0.39, 0.29) is 0 Å². The van der Waals surface area contributed by atoms with Gasteiger partial charge in [0.1, 0.15) is 5.75 Å². The van der Waals surface area contributed by atoms with Crippen molar-refractivity contribution in [2.75, 3.05) is 20.2 Å². The minimum Gasteiger partial charge on any atom is -0.497 e. The van der Waals surface area contributed by atoms with Gasteiger partial charge in [0.2, 0.25) is 0 Å². The van der Waals surface area contributed by atoms with E-state index in [2.05, 4.69) is 45.0 Å². The Bertz CT molecular complexity index is 585. The predicted octanol–water partition coefficient (Wildman–Crippen LogP) is 3.03. The van der Waals surface area contributed by atoms with Crippen molar-refractivity contribution in [1.82, 2.24) is 9.88 Å². The fourth-order valence-corrected chi connectivity index (χ4v) is 3.77. The summed E-state index contributed by atoms with van der Waals surface area (Å²) in [6.07, 6.45) is 1.21. The number of fused-ring (bicyclic) bond motifs is 1. The first-order chi connectivity index (χ1) is 8.72. The van der Waals surface area contributed by atoms with Crippen molar-refractivity contribution in [3.8, 4) is 5.75 Å². The Hall–Kier alpha value is -1.00. The first-order valence-corrected chi connectivity index (χ1v) is 7.04. The highest BCUT2D eigenvalue weighted by Gasteiger charge is 2.24. The molecule has 1 saturated heterocycles. The van der Waals surface area contributed by atoms with E-state index < -0.39 is 0 Å². The summed E-state index contributed by atoms with van der Waals surface area (Å²) < 4.78 is 8.83. The van der Waals surface area contributed by atoms with Gasteiger partial charge in [-0.2, -0.15) is 0 Å². The van der Waals surface area contributed by atoms with Gasteiger partial charge in [-0.25, -0.2) is 0 Å². The van der Waals surface area contributed by atoms with Gasteiger partial charge in [0.05, 0.1) is 7.11 Å². The second-order valence-corrected chi connectivity index (χ2v) is 5.62. The Morgan fingerprint density at radius 3 is 2.94 bits per heavy atom. The number of hydrogen-bond donors (Lipinski definition) is 1. The summed E-state index contributed by atoms with van der Waals surface area (Å²) in [6, 6.07) is 6.25. The highest BCUT2D eigenvalue weighted by molar-refractivity contribution is 9.10. The second-order valence-electron chi connectivity index (χ2n) is 4.83. The second kappa shape index (κ2) is 4.59. The topological polar surface area (TPSA) is 26.2 Å². The van der Waals surface area contributed by atoms with Gasteiger partial charge in [-0.1, -0.05) is 0 Å². The van der Waals surface area contributed by atoms with Crippen LogP contribution in [0.1, 0.15) is 18.0 Å². The Labute approximate surface area is 115 Å². The van der Waals surface area contributed by atoms with Crippen molar-refractivity contribution >= 4 is 26.8 Å². The van der Waals surface area contributed by atoms with E-state index in [1.54, 1.807) is 7.11 Å². The molecule has 0 spiro atoms. The molecule has 1 fully saturated rings. The molecule has 0 amide bonds. The summed E-state index contributed by atoms with van der Waals surface area (Å²) in [5.41, 5.74) is 2.65. The van der Waals surface area contributed by atoms with Crippen molar-refractivity contribution in [1.29, 1.82) is 0 Å². The van der Waals surface area contributed by atoms with E-state index >= 15 is 0 Å². The van der Waals surface area contributed by atoms with Gasteiger partial charge in [-0.05, 0) is 47.1 Å². The first-order valence-electron chi connectivity index (χ1n) is 6.25. The summed E-state index contributed by atoms with van der Waals surface area (Å²) in [7, 11) is 3.85. The zero-order valence-electron chi connectivity index (χ0n) is 10.7. The molecule has 1 aliphatic heterocycles. The lowest BCUT2D eigenvalue weighted by atomic mass is 10.0. The smallest absolute Gasteiger partial charge is 0.119 e. The van der Waals surface area contributed by atoms with E-state index in [1.807, 2.05) is 6.07 Å². The van der Waals surface area contributed by atoms with Gasteiger partial charge < -0.3 is 14.6 Å². The van der Waals surface area contributed by atoms with Crippen LogP contribution in [0.4, 0.5) is 0 Å². The fourth-order valence-electron chi connectivity index (χ4n) is 2.87. The molecule has 1 N–H and O–H groups in total. The van der Waals surface area contributed by atoms with Gasteiger partial charge in [-0.3, -0.25) is 0 Å². The van der Waals surface area contributed by atoms with Crippen LogP contribution >= 0.6 is 15.9 Å². The molecule has 0 radical (unpaired) electrons. The molecule has 3 nitrogen and oxygen atoms in total. The van der Waals surface area contributed by atoms with Crippen molar-refractivity contribution < 1.29 is 4.74 Å². The third-order valence-corrected chi connectivity index (χ3v) is 4.67. The molecule has 18 heavy (non-hydrogen) atoms. The fraction of sp³-hybridized carbons (Fsp3) is 0.429. The van der Waals surface area contributed by atoms with Crippen molar-refractivity contribution in [2.45, 2.75) is 12.3 Å². The number of aromatic nitrogens is 1. The van der Waals surface area contributed by atoms with Crippen LogP contribution in [0.25, 0.3) is 10.9 Å². The van der Waals surface area contributed by atoms with Gasteiger partial charge in [0, 0.05) is 40.6 Å². The van der Waals surface area contributed by atoms with Crippen molar-refractivity contribution in [2.24, 2.45) is 7.05 Å². The average molecular weight is 309 g/mol. The number of benzene rings is 1. The van der Waals surface area contributed by atoms with Gasteiger partial charge in [0.15, 0.2) is 0 Å². The molecule has 0 bridgehead atoms. The lowest BCUT2D eigenvalue weighted by Crippen LogP contribution is -2.10. The maximum atomic E-state index is 5.31. The number of methoxy groups -OCH3 is 1. The van der Waals surface area contributed by atoms with Crippen LogP contribution in [-0.4, -0.2) is 24.8 Å². The van der Waals surface area contributed by atoms with E-state index in [0.29, 0.717) is 5.92 Å². The Kier molecular flexibility index (Phi) is 3.08. The monoisotopic (exact) mass is 308 g/mol. The van der Waals surface area contributed by atoms with E-state index in [0.717, 1.165) is 18.8 Å². The van der Waals surface area contributed by atoms with Crippen LogP contribution in [0.5, 0.6) is 5.75 Å². The summed E-state index contributed by atoms with van der Waals surface area (Å²) in [5, 5.41) is 4.67. The molecule has 0 aliphatic carbocycles. The van der Waals surface area contributed by atoms with Crippen LogP contribution in [0.15, 0.2) is 22.7 Å². The number of rotatable bonds is 2. The number of hydrogen-bond acceptors (Lipinski definition) is 2. The third kappa shape index (κ3) is 1.75. The standard InChI is InChI=1S/C14H17BrN2O/c1-17-12-4-3-10(18-2)7-11(12)13(15)14(17)9-5-6-16-8-9/h3-4,7,9,16H,5-6,8H2,1-2H3. The van der Waals surface area contributed by atoms with Crippen LogP contribution in [0.3, 0.4) is 0 Å². The van der Waals surface area contributed by atoms with Gasteiger partial charge in [0.25, 0.3) is 0 Å². The number of nitrogens with zero attached hydrogens (tertiary/aromatic N) is 1. The molecule has 1 aliphatic rings. The van der Waals surface area contributed by atoms with Crippen LogP contribution in [-0.2, 0) is 7.05 Å². The largest absolute Gasteiger partial charge is 0.497 e. The normalized spacial score (nSPS) is 19.6. The molecule has 0 saturated carbocycles. The maximum absolute atomic E-state index is 5.31. The summed E-state index contributed by atoms with van der Waals surface area (Å²) in [4.78, 5) is 0. The summed E-state index contributed by atoms with van der Waals surface area (Å²) in [5.74, 6) is 1.51. The number of nitrogens with one attached hydrogen (secondary N) is 1. The van der Waals surface area contributed by atoms with E-state index in [4.69, 9.17) is 4.74 Å². The van der Waals surface area contributed by atoms with Crippen LogP contribution in [0.2, 0.25) is 0 Å². The zero-order valence-corrected chi connectivity index (χ0v) is 12.3. The summed E-state index contributed by atoms with van der Waals surface area (Å²) in [6.45, 7) is 2.18. The lowest BCUT2D eigenvalue weighted by Gasteiger charge is -2.11. The molecule has 2 heterocycles. The predicted molar refractivity (Wildman–Crippen MR) is 77.4 cm³/mol. The SMILES string of the molecule is COc1ccc2c(c1)c(Br)c(C1CCNC1)n2C. The molecule has 96 valence electrons. The Balaban J connectivity index is 2.20. The molecule has 1 unspecified atom stereocenters. The van der Waals surface area contributed by atoms with Gasteiger partial charge >= 0.3 is 0 Å². The number of halogens is 1. The molecule has 1 aromatic heterocycles. The highest BCUT2D eigenvalue weighted by Crippen LogP contribution is 2.38. The van der Waals surface area contributed by atoms with Crippen molar-refractivity contribution in [3.05, 3.63) is 28.4 Å². The molecule has 3 rings (SSSR count). The molecular weight excluding hydrogens is 292 g/mol. The van der Waals surface area contributed by atoms with Crippen LogP contribution < -0.4 is 10.1 Å². The molecule has 1 aromatic carbocycles. The molecule has 4 heteroatoms. The van der Waals surface area contributed by atoms with E-state index in [9.17, 15) is 0 Å². The Morgan fingerprint density at radius 2 is 2.28 bits per heavy atom. The minimum absolute atomic E-state index is 0.600. The van der Waals surface area contributed by atoms with Crippen molar-refractivity contribution in [3.63, 3.8) is 0 Å². The Morgan fingerprint density at radius 1 is 1.44 bits per heavy atom. The number of aryl methyl sites for hydroxylation is 1. The quantitative estimate of drug-likeness (QED) is 0.923. The third-order valence-electron chi connectivity index (χ3n) is 3.83. The van der Waals surface area contributed by atoms with Crippen LogP contribution in [0, 0.1) is 0 Å².